The van der Waals surface area contributed by atoms with E-state index >= 15 is 0 Å². The molecule has 23 heavy (non-hydrogen) atoms. The third-order valence-electron chi connectivity index (χ3n) is 3.24. The Hall–Kier alpha value is -1.44. The lowest BCUT2D eigenvalue weighted by molar-refractivity contribution is -0.137. The van der Waals surface area contributed by atoms with E-state index in [2.05, 4.69) is 0 Å². The Bertz CT molecular complexity index is 721. The molecule has 0 aromatic heterocycles. The van der Waals surface area contributed by atoms with Crippen LogP contribution >= 0.6 is 35.6 Å². The number of thioether (sulfide) groups is 1. The summed E-state index contributed by atoms with van der Waals surface area (Å²) in [5.41, 5.74) is 0.856. The summed E-state index contributed by atoms with van der Waals surface area (Å²) in [7, 11) is 0. The quantitative estimate of drug-likeness (QED) is 0.627. The molecular formula is C15H13ClFNO3S2. The van der Waals surface area contributed by atoms with Crippen molar-refractivity contribution in [1.29, 1.82) is 0 Å². The Kier molecular flexibility index (Phi) is 5.78. The van der Waals surface area contributed by atoms with Crippen molar-refractivity contribution in [2.75, 3.05) is 6.54 Å². The lowest BCUT2D eigenvalue weighted by atomic mass is 10.1. The summed E-state index contributed by atoms with van der Waals surface area (Å²) in [5.74, 6) is -1.81. The van der Waals surface area contributed by atoms with Crippen LogP contribution in [0.4, 0.5) is 4.39 Å². The summed E-state index contributed by atoms with van der Waals surface area (Å²) in [6, 6.07) is 2.85. The number of thiocarbonyl (C=S) groups is 1. The van der Waals surface area contributed by atoms with Crippen molar-refractivity contribution in [3.8, 4) is 0 Å². The number of carboxylic acid groups (broad SMARTS) is 1. The molecule has 0 bridgehead atoms. The predicted octanol–water partition coefficient (Wildman–Crippen LogP) is 3.85. The summed E-state index contributed by atoms with van der Waals surface area (Å²) in [6.07, 6.45) is 1.64. The number of hydrogen-bond donors (Lipinski definition) is 1. The van der Waals surface area contributed by atoms with Gasteiger partial charge in [-0.3, -0.25) is 14.5 Å². The first-order valence-electron chi connectivity index (χ1n) is 6.73. The number of amides is 1. The number of aliphatic carboxylic acids is 1. The average Bonchev–Trinajstić information content (AvgIpc) is 2.74. The number of halogens is 2. The van der Waals surface area contributed by atoms with Crippen molar-refractivity contribution in [2.24, 2.45) is 0 Å². The smallest absolute Gasteiger partial charge is 0.303 e. The van der Waals surface area contributed by atoms with Crippen molar-refractivity contribution in [1.82, 2.24) is 4.90 Å². The SMILES string of the molecule is Cc1ccc(F)c(/C=C2\SC(=S)N(CCCC(=O)O)C2=O)c1Cl. The maximum absolute atomic E-state index is 13.9. The van der Waals surface area contributed by atoms with Crippen LogP contribution in [0.5, 0.6) is 0 Å². The van der Waals surface area contributed by atoms with Gasteiger partial charge in [-0.2, -0.15) is 0 Å². The van der Waals surface area contributed by atoms with Crippen LogP contribution in [0, 0.1) is 12.7 Å². The molecule has 0 radical (unpaired) electrons. The van der Waals surface area contributed by atoms with Crippen LogP contribution in [0.3, 0.4) is 0 Å². The molecule has 1 aromatic carbocycles. The molecule has 0 saturated carbocycles. The highest BCUT2D eigenvalue weighted by Crippen LogP contribution is 2.35. The second-order valence-corrected chi connectivity index (χ2v) is 6.98. The number of carbonyl (C=O) groups excluding carboxylic acids is 1. The molecule has 1 amide bonds. The molecule has 1 heterocycles. The summed E-state index contributed by atoms with van der Waals surface area (Å²) >= 11 is 12.3. The topological polar surface area (TPSA) is 57.6 Å². The molecule has 1 aliphatic rings. The molecule has 0 atom stereocenters. The number of carboxylic acids is 1. The van der Waals surface area contributed by atoms with E-state index in [0.29, 0.717) is 16.3 Å². The molecule has 1 fully saturated rings. The minimum Gasteiger partial charge on any atom is -0.481 e. The third-order valence-corrected chi connectivity index (χ3v) is 5.12. The fraction of sp³-hybridized carbons (Fsp3) is 0.267. The Labute approximate surface area is 147 Å². The van der Waals surface area contributed by atoms with Crippen LogP contribution in [0.2, 0.25) is 5.02 Å². The van der Waals surface area contributed by atoms with Crippen molar-refractivity contribution in [2.45, 2.75) is 19.8 Å². The summed E-state index contributed by atoms with van der Waals surface area (Å²) in [6.45, 7) is 1.97. The third kappa shape index (κ3) is 4.10. The van der Waals surface area contributed by atoms with E-state index in [1.165, 1.54) is 17.0 Å². The van der Waals surface area contributed by atoms with E-state index in [9.17, 15) is 14.0 Å². The summed E-state index contributed by atoms with van der Waals surface area (Å²) in [4.78, 5) is 24.5. The van der Waals surface area contributed by atoms with Gasteiger partial charge in [-0.1, -0.05) is 41.6 Å². The van der Waals surface area contributed by atoms with Gasteiger partial charge in [0.1, 0.15) is 10.1 Å². The maximum Gasteiger partial charge on any atom is 0.303 e. The van der Waals surface area contributed by atoms with Gasteiger partial charge in [-0.25, -0.2) is 4.39 Å². The van der Waals surface area contributed by atoms with Gasteiger partial charge in [0.05, 0.1) is 9.93 Å². The number of carbonyl (C=O) groups is 2. The second-order valence-electron chi connectivity index (χ2n) is 4.92. The van der Waals surface area contributed by atoms with E-state index in [1.807, 2.05) is 0 Å². The van der Waals surface area contributed by atoms with Crippen LogP contribution in [0.15, 0.2) is 17.0 Å². The predicted molar refractivity (Wildman–Crippen MR) is 92.9 cm³/mol. The zero-order valence-electron chi connectivity index (χ0n) is 12.1. The number of benzene rings is 1. The Morgan fingerprint density at radius 1 is 1.52 bits per heavy atom. The van der Waals surface area contributed by atoms with Gasteiger partial charge >= 0.3 is 5.97 Å². The maximum atomic E-state index is 13.9. The van der Waals surface area contributed by atoms with Gasteiger partial charge in [-0.15, -0.1) is 0 Å². The van der Waals surface area contributed by atoms with Crippen molar-refractivity contribution >= 4 is 57.9 Å². The van der Waals surface area contributed by atoms with Crippen molar-refractivity contribution in [3.05, 3.63) is 39.0 Å². The monoisotopic (exact) mass is 373 g/mol. The van der Waals surface area contributed by atoms with E-state index in [0.717, 1.165) is 11.8 Å². The van der Waals surface area contributed by atoms with Gasteiger partial charge in [0.2, 0.25) is 0 Å². The number of nitrogens with zero attached hydrogens (tertiary/aromatic N) is 1. The highest BCUT2D eigenvalue weighted by atomic mass is 35.5. The molecular weight excluding hydrogens is 361 g/mol. The molecule has 8 heteroatoms. The first kappa shape index (κ1) is 17.9. The Morgan fingerprint density at radius 2 is 2.22 bits per heavy atom. The molecule has 1 aliphatic heterocycles. The number of hydrogen-bond acceptors (Lipinski definition) is 4. The zero-order chi connectivity index (χ0) is 17.1. The van der Waals surface area contributed by atoms with Crippen molar-refractivity contribution < 1.29 is 19.1 Å². The largest absolute Gasteiger partial charge is 0.481 e. The molecule has 2 rings (SSSR count). The average molecular weight is 374 g/mol. The highest BCUT2D eigenvalue weighted by molar-refractivity contribution is 8.26. The molecule has 4 nitrogen and oxygen atoms in total. The van der Waals surface area contributed by atoms with Gasteiger partial charge in [0.25, 0.3) is 5.91 Å². The second kappa shape index (κ2) is 7.42. The number of rotatable bonds is 5. The molecule has 0 spiro atoms. The zero-order valence-corrected chi connectivity index (χ0v) is 14.5. The normalized spacial score (nSPS) is 16.5. The fourth-order valence-electron chi connectivity index (χ4n) is 2.02. The van der Waals surface area contributed by atoms with Crippen LogP contribution < -0.4 is 0 Å². The molecule has 0 unspecified atom stereocenters. The molecule has 1 aromatic rings. The lowest BCUT2D eigenvalue weighted by Crippen LogP contribution is -2.29. The molecule has 122 valence electrons. The number of aryl methyl sites for hydroxylation is 1. The first-order chi connectivity index (χ1) is 10.8. The van der Waals surface area contributed by atoms with Crippen LogP contribution in [-0.4, -0.2) is 32.7 Å². The minimum absolute atomic E-state index is 0.0472. The summed E-state index contributed by atoms with van der Waals surface area (Å²) < 4.78 is 14.3. The lowest BCUT2D eigenvalue weighted by Gasteiger charge is -2.13. The molecule has 1 N–H and O–H groups in total. The van der Waals surface area contributed by atoms with Crippen LogP contribution in [0.25, 0.3) is 6.08 Å². The van der Waals surface area contributed by atoms with Gasteiger partial charge in [0, 0.05) is 18.5 Å². The van der Waals surface area contributed by atoms with E-state index in [1.54, 1.807) is 13.0 Å². The molecule has 1 saturated heterocycles. The van der Waals surface area contributed by atoms with Crippen LogP contribution in [0.1, 0.15) is 24.0 Å². The Balaban J connectivity index is 2.22. The highest BCUT2D eigenvalue weighted by Gasteiger charge is 2.32. The molecule has 0 aliphatic carbocycles. The van der Waals surface area contributed by atoms with Gasteiger partial charge < -0.3 is 5.11 Å². The standard InChI is InChI=1S/C15H13ClFNO3S2/c1-8-4-5-10(17)9(13(8)16)7-11-14(21)18(15(22)23-11)6-2-3-12(19)20/h4-5,7H,2-3,6H2,1H3,(H,19,20)/b11-7-. The van der Waals surface area contributed by atoms with E-state index in [-0.39, 0.29) is 34.4 Å². The van der Waals surface area contributed by atoms with Gasteiger partial charge in [-0.05, 0) is 31.1 Å². The summed E-state index contributed by atoms with van der Waals surface area (Å²) in [5, 5.41) is 8.89. The minimum atomic E-state index is -0.931. The fourth-order valence-corrected chi connectivity index (χ4v) is 3.52. The first-order valence-corrected chi connectivity index (χ1v) is 8.33. The van der Waals surface area contributed by atoms with E-state index in [4.69, 9.17) is 28.9 Å². The van der Waals surface area contributed by atoms with E-state index < -0.39 is 11.8 Å². The Morgan fingerprint density at radius 3 is 2.87 bits per heavy atom. The van der Waals surface area contributed by atoms with Gasteiger partial charge in [0.15, 0.2) is 0 Å². The van der Waals surface area contributed by atoms with Crippen molar-refractivity contribution in [3.63, 3.8) is 0 Å². The van der Waals surface area contributed by atoms with Crippen LogP contribution in [-0.2, 0) is 9.59 Å².